The Morgan fingerprint density at radius 3 is 2.60 bits per heavy atom. The van der Waals surface area contributed by atoms with E-state index in [1.807, 2.05) is 0 Å². The molecule has 3 heterocycles. The Bertz CT molecular complexity index is 1380. The predicted octanol–water partition coefficient (Wildman–Crippen LogP) is 3.63. The van der Waals surface area contributed by atoms with E-state index in [4.69, 9.17) is 9.15 Å². The second-order valence-electron chi connectivity index (χ2n) is 8.21. The van der Waals surface area contributed by atoms with Gasteiger partial charge in [0.2, 0.25) is 0 Å². The van der Waals surface area contributed by atoms with Crippen molar-refractivity contribution in [1.82, 2.24) is 14.8 Å². The highest BCUT2D eigenvalue weighted by Gasteiger charge is 2.38. The van der Waals surface area contributed by atoms with Crippen molar-refractivity contribution in [2.45, 2.75) is 13.0 Å². The van der Waals surface area contributed by atoms with Crippen molar-refractivity contribution in [2.75, 3.05) is 19.6 Å². The molecular weight excluding hydrogens is 471 g/mol. The summed E-state index contributed by atoms with van der Waals surface area (Å²) in [5.41, 5.74) is 2.60. The lowest BCUT2D eigenvalue weighted by Gasteiger charge is -2.19. The van der Waals surface area contributed by atoms with Crippen molar-refractivity contribution in [3.05, 3.63) is 75.9 Å². The van der Waals surface area contributed by atoms with Crippen molar-refractivity contribution >= 4 is 23.1 Å². The van der Waals surface area contributed by atoms with Crippen LogP contribution in [0.1, 0.15) is 15.9 Å². The van der Waals surface area contributed by atoms with E-state index in [1.165, 1.54) is 23.1 Å². The van der Waals surface area contributed by atoms with E-state index in [0.717, 1.165) is 17.7 Å². The topological polar surface area (TPSA) is 105 Å². The summed E-state index contributed by atoms with van der Waals surface area (Å²) in [5, 5.41) is 0. The van der Waals surface area contributed by atoms with Crippen molar-refractivity contribution in [1.29, 1.82) is 0 Å². The molecule has 9 nitrogen and oxygen atoms in total. The minimum absolute atomic E-state index is 0.0285. The number of aromatic nitrogens is 1. The number of H-pyrrole nitrogens is 1. The third-order valence-electron chi connectivity index (χ3n) is 5.78. The number of benzene rings is 2. The molecule has 0 spiro atoms. The Hall–Kier alpha value is -4.22. The molecule has 1 atom stereocenters. The number of halogens is 3. The van der Waals surface area contributed by atoms with Crippen LogP contribution in [-0.2, 0) is 11.3 Å². The van der Waals surface area contributed by atoms with Gasteiger partial charge >= 0.3 is 18.2 Å². The summed E-state index contributed by atoms with van der Waals surface area (Å²) in [5.74, 6) is -1.23. The monoisotopic (exact) mass is 489 g/mol. The largest absolute Gasteiger partial charge is 0.573 e. The first-order valence-corrected chi connectivity index (χ1v) is 10.6. The molecule has 0 saturated carbocycles. The standard InChI is InChI=1S/C23H18F3N3O6/c24-23(25,26)35-17-4-1-13(2-5-17)12-33-22(32)29-10-15-8-28(9-16(15)11-29)20(30)14-3-6-18-19(7-14)34-21(31)27-18/h1-8,16H,9-12H2,(H,27,31)/t16-/m0/s1. The Morgan fingerprint density at radius 2 is 1.89 bits per heavy atom. The second kappa shape index (κ2) is 8.53. The van der Waals surface area contributed by atoms with E-state index in [2.05, 4.69) is 9.72 Å². The van der Waals surface area contributed by atoms with E-state index in [0.29, 0.717) is 41.9 Å². The lowest BCUT2D eigenvalue weighted by Crippen LogP contribution is -2.33. The van der Waals surface area contributed by atoms with Crippen LogP contribution in [0.2, 0.25) is 0 Å². The lowest BCUT2D eigenvalue weighted by atomic mass is 10.1. The Labute approximate surface area is 195 Å². The molecule has 2 aliphatic heterocycles. The Morgan fingerprint density at radius 1 is 1.11 bits per heavy atom. The molecule has 0 bridgehead atoms. The van der Waals surface area contributed by atoms with Crippen molar-refractivity contribution in [2.24, 2.45) is 5.92 Å². The van der Waals surface area contributed by atoms with Crippen LogP contribution in [0.3, 0.4) is 0 Å². The first-order valence-electron chi connectivity index (χ1n) is 10.6. The zero-order valence-electron chi connectivity index (χ0n) is 18.0. The minimum Gasteiger partial charge on any atom is -0.445 e. The number of fused-ring (bicyclic) bond motifs is 2. The summed E-state index contributed by atoms with van der Waals surface area (Å²) in [7, 11) is 0. The lowest BCUT2D eigenvalue weighted by molar-refractivity contribution is -0.274. The maximum absolute atomic E-state index is 12.9. The van der Waals surface area contributed by atoms with E-state index in [1.54, 1.807) is 23.2 Å². The van der Waals surface area contributed by atoms with E-state index in [9.17, 15) is 27.6 Å². The molecule has 5 rings (SSSR count). The molecule has 0 aliphatic carbocycles. The predicted molar refractivity (Wildman–Crippen MR) is 114 cm³/mol. The number of nitrogens with zero attached hydrogens (tertiary/aromatic N) is 2. The molecule has 0 radical (unpaired) electrons. The van der Waals surface area contributed by atoms with Gasteiger partial charge in [-0.25, -0.2) is 9.59 Å². The van der Waals surface area contributed by atoms with Crippen LogP contribution in [0.5, 0.6) is 5.75 Å². The average Bonchev–Trinajstić information content (AvgIpc) is 3.48. The molecule has 0 unspecified atom stereocenters. The van der Waals surface area contributed by atoms with Gasteiger partial charge < -0.3 is 23.7 Å². The molecule has 2 amide bonds. The van der Waals surface area contributed by atoms with Crippen LogP contribution in [0.25, 0.3) is 11.1 Å². The van der Waals surface area contributed by atoms with Crippen LogP contribution in [0.4, 0.5) is 18.0 Å². The number of hydrogen-bond acceptors (Lipinski definition) is 6. The third-order valence-corrected chi connectivity index (χ3v) is 5.78. The third kappa shape index (κ3) is 4.86. The van der Waals surface area contributed by atoms with Gasteiger partial charge in [-0.2, -0.15) is 0 Å². The fourth-order valence-corrected chi connectivity index (χ4v) is 4.16. The van der Waals surface area contributed by atoms with Gasteiger partial charge in [0.25, 0.3) is 5.91 Å². The summed E-state index contributed by atoms with van der Waals surface area (Å²) in [6.45, 7) is 0.970. The molecule has 3 aromatic rings. The number of hydrogen-bond donors (Lipinski definition) is 1. The SMILES string of the molecule is O=C(c1ccc2[nH]c(=O)oc2c1)N1C=C2CN(C(=O)OCc3ccc(OC(F)(F)F)cc3)C[C@@H]2C1. The van der Waals surface area contributed by atoms with Gasteiger partial charge in [0.1, 0.15) is 12.4 Å². The Balaban J connectivity index is 1.16. The maximum Gasteiger partial charge on any atom is 0.573 e. The molecular formula is C23H18F3N3O6. The van der Waals surface area contributed by atoms with Gasteiger partial charge in [0.05, 0.1) is 5.52 Å². The van der Waals surface area contributed by atoms with Gasteiger partial charge in [-0.05, 0) is 41.5 Å². The average molecular weight is 489 g/mol. The molecule has 35 heavy (non-hydrogen) atoms. The molecule has 2 aromatic carbocycles. The van der Waals surface area contributed by atoms with Crippen LogP contribution >= 0.6 is 0 Å². The van der Waals surface area contributed by atoms with Gasteiger partial charge in [-0.3, -0.25) is 9.78 Å². The molecule has 1 saturated heterocycles. The number of carbonyl (C=O) groups is 2. The summed E-state index contributed by atoms with van der Waals surface area (Å²) in [6, 6.07) is 9.78. The number of nitrogens with one attached hydrogen (secondary N) is 1. The number of oxazole rings is 1. The van der Waals surface area contributed by atoms with Gasteiger partial charge in [0, 0.05) is 37.3 Å². The normalized spacial score (nSPS) is 17.5. The smallest absolute Gasteiger partial charge is 0.445 e. The van der Waals surface area contributed by atoms with Gasteiger partial charge in [-0.1, -0.05) is 12.1 Å². The van der Waals surface area contributed by atoms with E-state index < -0.39 is 18.2 Å². The summed E-state index contributed by atoms with van der Waals surface area (Å²) >= 11 is 0. The molecule has 1 N–H and O–H groups in total. The first-order chi connectivity index (χ1) is 16.6. The van der Waals surface area contributed by atoms with Gasteiger partial charge in [0.15, 0.2) is 5.58 Å². The van der Waals surface area contributed by atoms with E-state index in [-0.39, 0.29) is 24.2 Å². The number of carbonyl (C=O) groups excluding carboxylic acids is 2. The molecule has 12 heteroatoms. The first kappa shape index (κ1) is 22.6. The molecule has 182 valence electrons. The molecule has 1 aromatic heterocycles. The number of alkyl halides is 3. The highest BCUT2D eigenvalue weighted by molar-refractivity contribution is 5.97. The highest BCUT2D eigenvalue weighted by atomic mass is 19.4. The van der Waals surface area contributed by atoms with Gasteiger partial charge in [-0.15, -0.1) is 13.2 Å². The second-order valence-corrected chi connectivity index (χ2v) is 8.21. The number of aromatic amines is 1. The Kier molecular flexibility index (Phi) is 5.50. The number of amides is 2. The zero-order valence-corrected chi connectivity index (χ0v) is 18.0. The van der Waals surface area contributed by atoms with Crippen LogP contribution in [-0.4, -0.2) is 52.8 Å². The number of ether oxygens (including phenoxy) is 2. The van der Waals surface area contributed by atoms with Crippen molar-refractivity contribution in [3.8, 4) is 5.75 Å². The minimum atomic E-state index is -4.77. The maximum atomic E-state index is 12.9. The fourth-order valence-electron chi connectivity index (χ4n) is 4.16. The summed E-state index contributed by atoms with van der Waals surface area (Å²) in [4.78, 5) is 42.2. The van der Waals surface area contributed by atoms with Crippen LogP contribution < -0.4 is 10.5 Å². The summed E-state index contributed by atoms with van der Waals surface area (Å²) in [6.07, 6.45) is -3.61. The van der Waals surface area contributed by atoms with Crippen molar-refractivity contribution in [3.63, 3.8) is 0 Å². The quantitative estimate of drug-likeness (QED) is 0.600. The highest BCUT2D eigenvalue weighted by Crippen LogP contribution is 2.31. The number of likely N-dealkylation sites (tertiary alicyclic amines) is 1. The van der Waals surface area contributed by atoms with E-state index >= 15 is 0 Å². The fraction of sp³-hybridized carbons (Fsp3) is 0.261. The van der Waals surface area contributed by atoms with Crippen molar-refractivity contribution < 1.29 is 36.7 Å². The number of rotatable bonds is 4. The van der Waals surface area contributed by atoms with Crippen LogP contribution in [0.15, 0.2) is 63.4 Å². The summed E-state index contributed by atoms with van der Waals surface area (Å²) < 4.78 is 50.8. The van der Waals surface area contributed by atoms with Crippen LogP contribution in [0, 0.1) is 5.92 Å². The molecule has 1 fully saturated rings. The molecule has 2 aliphatic rings. The zero-order chi connectivity index (χ0) is 24.7.